The van der Waals surface area contributed by atoms with Crippen LogP contribution in [-0.2, 0) is 6.54 Å². The van der Waals surface area contributed by atoms with Crippen molar-refractivity contribution in [2.45, 2.75) is 13.0 Å². The molecule has 2 aromatic rings. The fraction of sp³-hybridized carbons (Fsp3) is 0.273. The molecule has 0 aromatic carbocycles. The Hall–Kier alpha value is -1.95. The van der Waals surface area contributed by atoms with Gasteiger partial charge in [0.1, 0.15) is 10.8 Å². The minimum absolute atomic E-state index is 0.226. The number of hydrogen-bond acceptors (Lipinski definition) is 4. The fourth-order valence-electron chi connectivity index (χ4n) is 1.42. The highest BCUT2D eigenvalue weighted by Crippen LogP contribution is 2.04. The molecule has 0 atom stereocenters. The van der Waals surface area contributed by atoms with E-state index in [1.54, 1.807) is 35.3 Å². The van der Waals surface area contributed by atoms with E-state index < -0.39 is 0 Å². The number of nitrogens with one attached hydrogen (secondary N) is 1. The van der Waals surface area contributed by atoms with Crippen molar-refractivity contribution in [3.8, 4) is 0 Å². The lowest BCUT2D eigenvalue weighted by Gasteiger charge is -2.04. The van der Waals surface area contributed by atoms with Crippen molar-refractivity contribution in [3.63, 3.8) is 0 Å². The van der Waals surface area contributed by atoms with Gasteiger partial charge in [-0.3, -0.25) is 9.48 Å². The molecule has 0 spiro atoms. The van der Waals surface area contributed by atoms with Gasteiger partial charge < -0.3 is 5.32 Å². The van der Waals surface area contributed by atoms with E-state index in [0.717, 1.165) is 6.42 Å². The van der Waals surface area contributed by atoms with Crippen molar-refractivity contribution in [2.24, 2.45) is 0 Å². The molecule has 0 fully saturated rings. The smallest absolute Gasteiger partial charge is 0.269 e. The molecule has 0 radical (unpaired) electrons. The third kappa shape index (κ3) is 3.53. The number of amides is 1. The molecule has 7 heteroatoms. The number of hydrogen-bond donors (Lipinski definition) is 1. The first-order valence-corrected chi connectivity index (χ1v) is 5.88. The molecule has 0 aliphatic heterocycles. The second-order valence-corrected chi connectivity index (χ2v) is 4.01. The largest absolute Gasteiger partial charge is 0.351 e. The summed E-state index contributed by atoms with van der Waals surface area (Å²) in [5.41, 5.74) is 0.322. The van der Waals surface area contributed by atoms with Crippen LogP contribution in [0.3, 0.4) is 0 Å². The van der Waals surface area contributed by atoms with Crippen LogP contribution < -0.4 is 5.32 Å². The van der Waals surface area contributed by atoms with Gasteiger partial charge in [0.25, 0.3) is 5.91 Å². The molecule has 0 aliphatic rings. The lowest BCUT2D eigenvalue weighted by Crippen LogP contribution is -2.26. The van der Waals surface area contributed by atoms with Crippen LogP contribution in [-0.4, -0.2) is 32.4 Å². The Morgan fingerprint density at radius 1 is 1.44 bits per heavy atom. The van der Waals surface area contributed by atoms with Crippen LogP contribution in [0, 0.1) is 0 Å². The van der Waals surface area contributed by atoms with E-state index in [2.05, 4.69) is 20.6 Å². The van der Waals surface area contributed by atoms with Gasteiger partial charge in [0.05, 0.1) is 6.20 Å². The zero-order chi connectivity index (χ0) is 12.8. The number of carbonyl (C=O) groups excluding carboxylic acids is 1. The molecule has 2 rings (SSSR count). The topological polar surface area (TPSA) is 72.7 Å². The van der Waals surface area contributed by atoms with Gasteiger partial charge in [-0.2, -0.15) is 0 Å². The summed E-state index contributed by atoms with van der Waals surface area (Å²) in [5, 5.41) is 10.6. The standard InChI is InChI=1S/C11H12ClN5O/c12-10-4-1-3-9(15-10)11(18)13-5-2-7-17-8-6-14-16-17/h1,3-4,6,8H,2,5,7H2,(H,13,18). The first-order valence-electron chi connectivity index (χ1n) is 5.50. The van der Waals surface area contributed by atoms with E-state index in [4.69, 9.17) is 11.6 Å². The summed E-state index contributed by atoms with van der Waals surface area (Å²) in [6.45, 7) is 1.26. The Morgan fingerprint density at radius 2 is 2.33 bits per heavy atom. The first-order chi connectivity index (χ1) is 8.75. The summed E-state index contributed by atoms with van der Waals surface area (Å²) in [7, 11) is 0. The number of halogens is 1. The molecule has 2 heterocycles. The maximum absolute atomic E-state index is 11.7. The van der Waals surface area contributed by atoms with Crippen LogP contribution in [0.1, 0.15) is 16.9 Å². The average molecular weight is 266 g/mol. The van der Waals surface area contributed by atoms with E-state index in [1.165, 1.54) is 0 Å². The van der Waals surface area contributed by atoms with Gasteiger partial charge in [-0.25, -0.2) is 4.98 Å². The van der Waals surface area contributed by atoms with Crippen molar-refractivity contribution in [3.05, 3.63) is 41.4 Å². The van der Waals surface area contributed by atoms with Gasteiger partial charge in [0.15, 0.2) is 0 Å². The molecule has 0 saturated heterocycles. The Kier molecular flexibility index (Phi) is 4.25. The second-order valence-electron chi connectivity index (χ2n) is 3.62. The van der Waals surface area contributed by atoms with Crippen LogP contribution in [0.2, 0.25) is 5.15 Å². The number of carbonyl (C=O) groups is 1. The molecular formula is C11H12ClN5O. The summed E-state index contributed by atoms with van der Waals surface area (Å²) in [4.78, 5) is 15.6. The van der Waals surface area contributed by atoms with Crippen LogP contribution in [0.25, 0.3) is 0 Å². The van der Waals surface area contributed by atoms with Crippen molar-refractivity contribution in [1.82, 2.24) is 25.3 Å². The van der Waals surface area contributed by atoms with Crippen LogP contribution in [0.4, 0.5) is 0 Å². The minimum atomic E-state index is -0.226. The zero-order valence-electron chi connectivity index (χ0n) is 9.58. The molecule has 2 aromatic heterocycles. The predicted molar refractivity (Wildman–Crippen MR) is 66.2 cm³/mol. The Morgan fingerprint density at radius 3 is 3.06 bits per heavy atom. The van der Waals surface area contributed by atoms with Gasteiger partial charge in [0.2, 0.25) is 0 Å². The number of nitrogens with zero attached hydrogens (tertiary/aromatic N) is 4. The average Bonchev–Trinajstić information content (AvgIpc) is 2.87. The van der Waals surface area contributed by atoms with Crippen molar-refractivity contribution in [2.75, 3.05) is 6.54 Å². The zero-order valence-corrected chi connectivity index (χ0v) is 10.3. The fourth-order valence-corrected chi connectivity index (χ4v) is 1.58. The van der Waals surface area contributed by atoms with Gasteiger partial charge in [-0.05, 0) is 18.6 Å². The van der Waals surface area contributed by atoms with E-state index in [1.807, 2.05) is 0 Å². The minimum Gasteiger partial charge on any atom is -0.351 e. The van der Waals surface area contributed by atoms with E-state index >= 15 is 0 Å². The molecule has 6 nitrogen and oxygen atoms in total. The Balaban J connectivity index is 1.75. The maximum atomic E-state index is 11.7. The van der Waals surface area contributed by atoms with Crippen molar-refractivity contribution >= 4 is 17.5 Å². The summed E-state index contributed by atoms with van der Waals surface area (Å²) in [6.07, 6.45) is 4.17. The second kappa shape index (κ2) is 6.11. The molecule has 18 heavy (non-hydrogen) atoms. The quantitative estimate of drug-likeness (QED) is 0.650. The summed E-state index contributed by atoms with van der Waals surface area (Å²) in [6, 6.07) is 4.95. The lowest BCUT2D eigenvalue weighted by molar-refractivity contribution is 0.0947. The molecule has 0 bridgehead atoms. The van der Waals surface area contributed by atoms with Gasteiger partial charge in [-0.15, -0.1) is 5.10 Å². The summed E-state index contributed by atoms with van der Waals surface area (Å²) in [5.74, 6) is -0.226. The number of pyridine rings is 1. The van der Waals surface area contributed by atoms with Gasteiger partial charge in [0, 0.05) is 19.3 Å². The van der Waals surface area contributed by atoms with Gasteiger partial charge in [-0.1, -0.05) is 22.9 Å². The SMILES string of the molecule is O=C(NCCCn1ccnn1)c1cccc(Cl)n1. The first kappa shape index (κ1) is 12.5. The summed E-state index contributed by atoms with van der Waals surface area (Å²) < 4.78 is 1.71. The molecule has 94 valence electrons. The normalized spacial score (nSPS) is 10.3. The molecular weight excluding hydrogens is 254 g/mol. The highest BCUT2D eigenvalue weighted by Gasteiger charge is 2.06. The highest BCUT2D eigenvalue weighted by molar-refractivity contribution is 6.29. The van der Waals surface area contributed by atoms with Crippen LogP contribution >= 0.6 is 11.6 Å². The molecule has 0 unspecified atom stereocenters. The summed E-state index contributed by atoms with van der Waals surface area (Å²) >= 11 is 5.71. The predicted octanol–water partition coefficient (Wildman–Crippen LogP) is 1.15. The van der Waals surface area contributed by atoms with E-state index in [0.29, 0.717) is 23.9 Å². The number of aryl methyl sites for hydroxylation is 1. The van der Waals surface area contributed by atoms with E-state index in [9.17, 15) is 4.79 Å². The third-order valence-electron chi connectivity index (χ3n) is 2.27. The highest BCUT2D eigenvalue weighted by atomic mass is 35.5. The monoisotopic (exact) mass is 265 g/mol. The van der Waals surface area contributed by atoms with Crippen molar-refractivity contribution < 1.29 is 4.79 Å². The van der Waals surface area contributed by atoms with E-state index in [-0.39, 0.29) is 5.91 Å². The molecule has 0 aliphatic carbocycles. The Bertz CT molecular complexity index is 514. The van der Waals surface area contributed by atoms with Crippen molar-refractivity contribution in [1.29, 1.82) is 0 Å². The maximum Gasteiger partial charge on any atom is 0.269 e. The van der Waals surface area contributed by atoms with Crippen LogP contribution in [0.15, 0.2) is 30.6 Å². The third-order valence-corrected chi connectivity index (χ3v) is 2.48. The van der Waals surface area contributed by atoms with Gasteiger partial charge >= 0.3 is 0 Å². The lowest BCUT2D eigenvalue weighted by atomic mass is 10.3. The Labute approximate surface area is 109 Å². The number of aromatic nitrogens is 4. The molecule has 1 amide bonds. The molecule has 0 saturated carbocycles. The molecule has 1 N–H and O–H groups in total. The number of rotatable bonds is 5. The van der Waals surface area contributed by atoms with Crippen LogP contribution in [0.5, 0.6) is 0 Å².